The average Bonchev–Trinajstić information content (AvgIpc) is 2.74. The Morgan fingerprint density at radius 2 is 2.06 bits per heavy atom. The van der Waals surface area contributed by atoms with Gasteiger partial charge in [0.15, 0.2) is 0 Å². The van der Waals surface area contributed by atoms with Crippen molar-refractivity contribution >= 4 is 22.9 Å². The van der Waals surface area contributed by atoms with Crippen molar-refractivity contribution in [2.24, 2.45) is 11.7 Å². The summed E-state index contributed by atoms with van der Waals surface area (Å²) in [6.07, 6.45) is 2.05. The smallest absolute Gasteiger partial charge is 0.0931 e. The third kappa shape index (κ3) is 3.84. The molecule has 96 valence electrons. The summed E-state index contributed by atoms with van der Waals surface area (Å²) in [6, 6.07) is 12.7. The van der Waals surface area contributed by atoms with Gasteiger partial charge in [-0.25, -0.2) is 0 Å². The molecule has 2 aromatic rings. The molecular weight excluding hydrogens is 262 g/mol. The molecule has 2 N–H and O–H groups in total. The number of benzene rings is 1. The fourth-order valence-corrected chi connectivity index (χ4v) is 3.36. The molecule has 1 heterocycles. The third-order valence-corrected chi connectivity index (χ3v) is 4.31. The van der Waals surface area contributed by atoms with Gasteiger partial charge in [-0.1, -0.05) is 41.4 Å². The lowest BCUT2D eigenvalue weighted by Gasteiger charge is -2.14. The van der Waals surface area contributed by atoms with Crippen molar-refractivity contribution in [3.8, 4) is 0 Å². The Hall–Kier alpha value is -0.830. The Kier molecular flexibility index (Phi) is 4.81. The molecule has 0 amide bonds. The summed E-state index contributed by atoms with van der Waals surface area (Å²) in [5, 5.41) is 0. The summed E-state index contributed by atoms with van der Waals surface area (Å²) in [7, 11) is 0. The maximum atomic E-state index is 5.96. The zero-order valence-electron chi connectivity index (χ0n) is 10.5. The molecule has 3 heteroatoms. The lowest BCUT2D eigenvalue weighted by Crippen LogP contribution is -2.19. The van der Waals surface area contributed by atoms with Gasteiger partial charge < -0.3 is 5.73 Å². The topological polar surface area (TPSA) is 26.0 Å². The highest BCUT2D eigenvalue weighted by Crippen LogP contribution is 2.24. The molecule has 0 bridgehead atoms. The number of aryl methyl sites for hydroxylation is 1. The molecule has 0 saturated carbocycles. The van der Waals surface area contributed by atoms with Gasteiger partial charge in [-0.05, 0) is 49.9 Å². The molecule has 0 spiro atoms. The van der Waals surface area contributed by atoms with Crippen LogP contribution in [0.2, 0.25) is 4.34 Å². The zero-order valence-corrected chi connectivity index (χ0v) is 12.1. The molecule has 0 aliphatic rings. The van der Waals surface area contributed by atoms with E-state index in [2.05, 4.69) is 37.3 Å². The van der Waals surface area contributed by atoms with E-state index in [0.29, 0.717) is 12.5 Å². The average molecular weight is 280 g/mol. The van der Waals surface area contributed by atoms with Crippen LogP contribution in [0.4, 0.5) is 0 Å². The summed E-state index contributed by atoms with van der Waals surface area (Å²) in [4.78, 5) is 1.32. The van der Waals surface area contributed by atoms with Crippen molar-refractivity contribution < 1.29 is 0 Å². The van der Waals surface area contributed by atoms with Crippen LogP contribution in [0.25, 0.3) is 0 Å². The minimum atomic E-state index is 0.488. The highest BCUT2D eigenvalue weighted by molar-refractivity contribution is 7.16. The van der Waals surface area contributed by atoms with E-state index < -0.39 is 0 Å². The van der Waals surface area contributed by atoms with Crippen LogP contribution >= 0.6 is 22.9 Å². The summed E-state index contributed by atoms with van der Waals surface area (Å²) in [5.74, 6) is 0.488. The molecule has 1 nitrogen and oxygen atoms in total. The maximum Gasteiger partial charge on any atom is 0.0931 e. The van der Waals surface area contributed by atoms with Gasteiger partial charge in [-0.2, -0.15) is 0 Å². The van der Waals surface area contributed by atoms with Crippen LogP contribution in [0.1, 0.15) is 16.0 Å². The van der Waals surface area contributed by atoms with Gasteiger partial charge in [-0.15, -0.1) is 11.3 Å². The van der Waals surface area contributed by atoms with E-state index in [-0.39, 0.29) is 0 Å². The molecule has 0 fully saturated rings. The summed E-state index contributed by atoms with van der Waals surface area (Å²) in [6.45, 7) is 2.84. The van der Waals surface area contributed by atoms with Crippen LogP contribution in [-0.2, 0) is 12.8 Å². The van der Waals surface area contributed by atoms with Crippen molar-refractivity contribution in [3.05, 3.63) is 56.7 Å². The van der Waals surface area contributed by atoms with Crippen LogP contribution in [0.3, 0.4) is 0 Å². The lowest BCUT2D eigenvalue weighted by atomic mass is 9.95. The fourth-order valence-electron chi connectivity index (χ4n) is 2.16. The molecule has 18 heavy (non-hydrogen) atoms. The third-order valence-electron chi connectivity index (χ3n) is 3.06. The molecule has 1 unspecified atom stereocenters. The quantitative estimate of drug-likeness (QED) is 0.877. The molecule has 1 atom stereocenters. The standard InChI is InChI=1S/C15H18ClNS/c1-11-3-2-4-12(7-11)8-13(10-17)9-14-5-6-15(16)18-14/h2-7,13H,8-10,17H2,1H3. The molecule has 0 aliphatic carbocycles. The first kappa shape index (κ1) is 13.6. The summed E-state index contributed by atoms with van der Waals surface area (Å²) in [5.41, 5.74) is 8.56. The van der Waals surface area contributed by atoms with Crippen LogP contribution < -0.4 is 5.73 Å². The van der Waals surface area contributed by atoms with Crippen LogP contribution in [-0.4, -0.2) is 6.54 Å². The highest BCUT2D eigenvalue weighted by Gasteiger charge is 2.10. The van der Waals surface area contributed by atoms with Crippen LogP contribution in [0.5, 0.6) is 0 Å². The molecule has 0 saturated heterocycles. The first-order valence-electron chi connectivity index (χ1n) is 6.17. The van der Waals surface area contributed by atoms with Crippen molar-refractivity contribution in [2.75, 3.05) is 6.54 Å². The number of hydrogen-bond donors (Lipinski definition) is 1. The second-order valence-corrected chi connectivity index (χ2v) is 6.50. The van der Waals surface area contributed by atoms with E-state index in [1.165, 1.54) is 16.0 Å². The largest absolute Gasteiger partial charge is 0.330 e. The Balaban J connectivity index is 2.01. The second kappa shape index (κ2) is 6.37. The Morgan fingerprint density at radius 3 is 2.67 bits per heavy atom. The van der Waals surface area contributed by atoms with Gasteiger partial charge in [0.2, 0.25) is 0 Å². The lowest BCUT2D eigenvalue weighted by molar-refractivity contribution is 0.537. The van der Waals surface area contributed by atoms with Crippen LogP contribution in [0, 0.1) is 12.8 Å². The van der Waals surface area contributed by atoms with Gasteiger partial charge in [-0.3, -0.25) is 0 Å². The van der Waals surface area contributed by atoms with Crippen LogP contribution in [0.15, 0.2) is 36.4 Å². The normalized spacial score (nSPS) is 12.6. The Labute approximate surface area is 118 Å². The Bertz CT molecular complexity index is 507. The number of rotatable bonds is 5. The monoisotopic (exact) mass is 279 g/mol. The molecular formula is C15H18ClNS. The minimum absolute atomic E-state index is 0.488. The second-order valence-electron chi connectivity index (χ2n) is 4.70. The molecule has 2 rings (SSSR count). The van der Waals surface area contributed by atoms with Gasteiger partial charge in [0, 0.05) is 4.88 Å². The molecule has 1 aromatic carbocycles. The van der Waals surface area contributed by atoms with E-state index in [4.69, 9.17) is 17.3 Å². The highest BCUT2D eigenvalue weighted by atomic mass is 35.5. The van der Waals surface area contributed by atoms with Crippen molar-refractivity contribution in [3.63, 3.8) is 0 Å². The van der Waals surface area contributed by atoms with Crippen molar-refractivity contribution in [1.82, 2.24) is 0 Å². The van der Waals surface area contributed by atoms with Gasteiger partial charge in [0.05, 0.1) is 4.34 Å². The Morgan fingerprint density at radius 1 is 1.22 bits per heavy atom. The van der Waals surface area contributed by atoms with Gasteiger partial charge in [0.25, 0.3) is 0 Å². The first-order valence-corrected chi connectivity index (χ1v) is 7.36. The molecule has 0 aliphatic heterocycles. The van der Waals surface area contributed by atoms with Crippen molar-refractivity contribution in [2.45, 2.75) is 19.8 Å². The number of nitrogens with two attached hydrogens (primary N) is 1. The summed E-state index contributed by atoms with van der Waals surface area (Å²) >= 11 is 7.61. The van der Waals surface area contributed by atoms with E-state index in [1.54, 1.807) is 11.3 Å². The fraction of sp³-hybridized carbons (Fsp3) is 0.333. The van der Waals surface area contributed by atoms with Gasteiger partial charge in [0.1, 0.15) is 0 Å². The predicted molar refractivity (Wildman–Crippen MR) is 80.5 cm³/mol. The number of hydrogen-bond acceptors (Lipinski definition) is 2. The van der Waals surface area contributed by atoms with Crippen molar-refractivity contribution in [1.29, 1.82) is 0 Å². The number of halogens is 1. The first-order chi connectivity index (χ1) is 8.67. The van der Waals surface area contributed by atoms with E-state index in [9.17, 15) is 0 Å². The van der Waals surface area contributed by atoms with E-state index in [1.807, 2.05) is 6.07 Å². The maximum absolute atomic E-state index is 5.96. The van der Waals surface area contributed by atoms with Gasteiger partial charge >= 0.3 is 0 Å². The molecule has 0 radical (unpaired) electrons. The number of thiophene rings is 1. The summed E-state index contributed by atoms with van der Waals surface area (Å²) < 4.78 is 0.858. The molecule has 1 aromatic heterocycles. The minimum Gasteiger partial charge on any atom is -0.330 e. The van der Waals surface area contributed by atoms with E-state index >= 15 is 0 Å². The SMILES string of the molecule is Cc1cccc(CC(CN)Cc2ccc(Cl)s2)c1. The predicted octanol–water partition coefficient (Wildman–Crippen LogP) is 4.07. The zero-order chi connectivity index (χ0) is 13.0. The van der Waals surface area contributed by atoms with E-state index in [0.717, 1.165) is 17.2 Å².